The fourth-order valence-corrected chi connectivity index (χ4v) is 3.15. The number of hydrogen-bond acceptors (Lipinski definition) is 3. The van der Waals surface area contributed by atoms with Crippen LogP contribution < -0.4 is 0 Å². The SMILES string of the molecule is CC(c1ccccc1[N+](=O)[O-])N(C(=O)O)C1CCCCC1. The molecule has 6 nitrogen and oxygen atoms in total. The summed E-state index contributed by atoms with van der Waals surface area (Å²) < 4.78 is 0. The van der Waals surface area contributed by atoms with E-state index in [9.17, 15) is 20.0 Å². The molecule has 1 aliphatic rings. The van der Waals surface area contributed by atoms with Gasteiger partial charge in [-0.15, -0.1) is 0 Å². The van der Waals surface area contributed by atoms with Gasteiger partial charge in [0, 0.05) is 12.1 Å². The Morgan fingerprint density at radius 3 is 2.52 bits per heavy atom. The number of amides is 1. The van der Waals surface area contributed by atoms with E-state index >= 15 is 0 Å². The van der Waals surface area contributed by atoms with E-state index in [0.717, 1.165) is 32.1 Å². The molecule has 0 aliphatic heterocycles. The van der Waals surface area contributed by atoms with Crippen molar-refractivity contribution in [2.24, 2.45) is 0 Å². The second-order valence-electron chi connectivity index (χ2n) is 5.47. The zero-order chi connectivity index (χ0) is 15.4. The van der Waals surface area contributed by atoms with E-state index in [1.807, 2.05) is 0 Å². The standard InChI is InChI=1S/C15H20N2O4/c1-11(13-9-5-6-10-14(13)17(20)21)16(15(18)19)12-7-3-2-4-8-12/h5-6,9-12H,2-4,7-8H2,1H3,(H,18,19). The van der Waals surface area contributed by atoms with Crippen molar-refractivity contribution in [1.29, 1.82) is 0 Å². The van der Waals surface area contributed by atoms with Gasteiger partial charge in [-0.25, -0.2) is 4.79 Å². The number of para-hydroxylation sites is 1. The molecule has 1 saturated carbocycles. The first-order chi connectivity index (χ1) is 10.0. The Kier molecular flexibility index (Phi) is 4.77. The summed E-state index contributed by atoms with van der Waals surface area (Å²) in [5.74, 6) is 0. The lowest BCUT2D eigenvalue weighted by Crippen LogP contribution is -2.42. The van der Waals surface area contributed by atoms with Crippen LogP contribution in [0, 0.1) is 10.1 Å². The van der Waals surface area contributed by atoms with Gasteiger partial charge in [0.1, 0.15) is 0 Å². The zero-order valence-corrected chi connectivity index (χ0v) is 12.1. The van der Waals surface area contributed by atoms with Gasteiger partial charge in [0.2, 0.25) is 0 Å². The molecule has 1 amide bonds. The molecule has 0 saturated heterocycles. The summed E-state index contributed by atoms with van der Waals surface area (Å²) in [6.45, 7) is 1.73. The van der Waals surface area contributed by atoms with E-state index < -0.39 is 17.1 Å². The maximum absolute atomic E-state index is 11.7. The van der Waals surface area contributed by atoms with E-state index in [4.69, 9.17) is 0 Å². The summed E-state index contributed by atoms with van der Waals surface area (Å²) in [5.41, 5.74) is 0.433. The number of benzene rings is 1. The molecule has 0 aromatic heterocycles. The molecule has 2 rings (SSSR count). The summed E-state index contributed by atoms with van der Waals surface area (Å²) in [6.07, 6.45) is 3.81. The van der Waals surface area contributed by atoms with Crippen molar-refractivity contribution in [3.8, 4) is 0 Å². The molecule has 114 valence electrons. The van der Waals surface area contributed by atoms with Crippen molar-refractivity contribution in [2.45, 2.75) is 51.1 Å². The van der Waals surface area contributed by atoms with E-state index in [1.54, 1.807) is 25.1 Å². The lowest BCUT2D eigenvalue weighted by Gasteiger charge is -2.36. The lowest BCUT2D eigenvalue weighted by atomic mass is 9.92. The van der Waals surface area contributed by atoms with E-state index in [0.29, 0.717) is 5.56 Å². The Hall–Kier alpha value is -2.11. The third-order valence-corrected chi connectivity index (χ3v) is 4.19. The predicted octanol–water partition coefficient (Wildman–Crippen LogP) is 3.97. The highest BCUT2D eigenvalue weighted by Crippen LogP contribution is 2.34. The number of hydrogen-bond donors (Lipinski definition) is 1. The highest BCUT2D eigenvalue weighted by Gasteiger charge is 2.32. The van der Waals surface area contributed by atoms with Crippen LogP contribution in [0.1, 0.15) is 50.6 Å². The van der Waals surface area contributed by atoms with Crippen molar-refractivity contribution >= 4 is 11.8 Å². The maximum Gasteiger partial charge on any atom is 0.408 e. The zero-order valence-electron chi connectivity index (χ0n) is 12.1. The van der Waals surface area contributed by atoms with E-state index in [1.165, 1.54) is 11.0 Å². The van der Waals surface area contributed by atoms with Crippen LogP contribution in [0.5, 0.6) is 0 Å². The van der Waals surface area contributed by atoms with Crippen LogP contribution in [0.3, 0.4) is 0 Å². The Morgan fingerprint density at radius 1 is 1.33 bits per heavy atom. The fourth-order valence-electron chi connectivity index (χ4n) is 3.15. The van der Waals surface area contributed by atoms with Crippen LogP contribution in [-0.2, 0) is 0 Å². The normalized spacial score (nSPS) is 17.2. The molecule has 0 spiro atoms. The summed E-state index contributed by atoms with van der Waals surface area (Å²) >= 11 is 0. The minimum absolute atomic E-state index is 0.0212. The average Bonchev–Trinajstić information content (AvgIpc) is 2.48. The van der Waals surface area contributed by atoms with Gasteiger partial charge in [0.15, 0.2) is 0 Å². The molecular weight excluding hydrogens is 272 g/mol. The Morgan fingerprint density at radius 2 is 1.95 bits per heavy atom. The van der Waals surface area contributed by atoms with Crippen LogP contribution >= 0.6 is 0 Å². The van der Waals surface area contributed by atoms with Gasteiger partial charge in [0.05, 0.1) is 16.5 Å². The number of carbonyl (C=O) groups is 1. The van der Waals surface area contributed by atoms with E-state index in [-0.39, 0.29) is 11.7 Å². The largest absolute Gasteiger partial charge is 0.465 e. The highest BCUT2D eigenvalue weighted by molar-refractivity contribution is 5.66. The van der Waals surface area contributed by atoms with E-state index in [2.05, 4.69) is 0 Å². The molecule has 6 heteroatoms. The molecule has 1 aliphatic carbocycles. The van der Waals surface area contributed by atoms with Crippen molar-refractivity contribution in [3.63, 3.8) is 0 Å². The first-order valence-corrected chi connectivity index (χ1v) is 7.27. The molecule has 1 unspecified atom stereocenters. The molecule has 1 aromatic carbocycles. The number of carboxylic acid groups (broad SMARTS) is 1. The topological polar surface area (TPSA) is 83.7 Å². The molecular formula is C15H20N2O4. The van der Waals surface area contributed by atoms with Crippen LogP contribution in [-0.4, -0.2) is 27.1 Å². The minimum Gasteiger partial charge on any atom is -0.465 e. The highest BCUT2D eigenvalue weighted by atomic mass is 16.6. The Bertz CT molecular complexity index is 526. The van der Waals surface area contributed by atoms with Crippen molar-refractivity contribution < 1.29 is 14.8 Å². The van der Waals surface area contributed by atoms with Gasteiger partial charge in [-0.1, -0.05) is 37.5 Å². The lowest BCUT2D eigenvalue weighted by molar-refractivity contribution is -0.385. The van der Waals surface area contributed by atoms with Crippen molar-refractivity contribution in [3.05, 3.63) is 39.9 Å². The van der Waals surface area contributed by atoms with Crippen LogP contribution in [0.25, 0.3) is 0 Å². The summed E-state index contributed by atoms with van der Waals surface area (Å²) in [4.78, 5) is 23.7. The van der Waals surface area contributed by atoms with Gasteiger partial charge in [0.25, 0.3) is 5.69 Å². The smallest absolute Gasteiger partial charge is 0.408 e. The van der Waals surface area contributed by atoms with Gasteiger partial charge in [-0.2, -0.15) is 0 Å². The third kappa shape index (κ3) is 3.32. The van der Waals surface area contributed by atoms with Crippen molar-refractivity contribution in [1.82, 2.24) is 4.90 Å². The number of nitrogens with zero attached hydrogens (tertiary/aromatic N) is 2. The van der Waals surface area contributed by atoms with Gasteiger partial charge in [-0.3, -0.25) is 15.0 Å². The Labute approximate surface area is 123 Å². The first-order valence-electron chi connectivity index (χ1n) is 7.27. The van der Waals surface area contributed by atoms with Crippen LogP contribution in [0.15, 0.2) is 24.3 Å². The van der Waals surface area contributed by atoms with Gasteiger partial charge in [-0.05, 0) is 19.8 Å². The van der Waals surface area contributed by atoms with Crippen molar-refractivity contribution in [2.75, 3.05) is 0 Å². The maximum atomic E-state index is 11.7. The minimum atomic E-state index is -1.01. The van der Waals surface area contributed by atoms with Crippen LogP contribution in [0.2, 0.25) is 0 Å². The number of rotatable bonds is 4. The molecule has 0 radical (unpaired) electrons. The molecule has 1 aromatic rings. The third-order valence-electron chi connectivity index (χ3n) is 4.19. The van der Waals surface area contributed by atoms with Gasteiger partial charge < -0.3 is 5.11 Å². The molecule has 21 heavy (non-hydrogen) atoms. The van der Waals surface area contributed by atoms with Gasteiger partial charge >= 0.3 is 6.09 Å². The second kappa shape index (κ2) is 6.56. The number of nitro groups is 1. The first kappa shape index (κ1) is 15.3. The quantitative estimate of drug-likeness (QED) is 0.672. The number of nitro benzene ring substituents is 1. The monoisotopic (exact) mass is 292 g/mol. The van der Waals surface area contributed by atoms with Crippen LogP contribution in [0.4, 0.5) is 10.5 Å². The Balaban J connectivity index is 2.32. The molecule has 0 heterocycles. The molecule has 0 bridgehead atoms. The molecule has 1 N–H and O–H groups in total. The average molecular weight is 292 g/mol. The molecule has 1 fully saturated rings. The fraction of sp³-hybridized carbons (Fsp3) is 0.533. The summed E-state index contributed by atoms with van der Waals surface area (Å²) in [5, 5.41) is 20.7. The second-order valence-corrected chi connectivity index (χ2v) is 5.47. The molecule has 1 atom stereocenters. The summed E-state index contributed by atoms with van der Waals surface area (Å²) in [6, 6.07) is 5.80. The summed E-state index contributed by atoms with van der Waals surface area (Å²) in [7, 11) is 0. The predicted molar refractivity (Wildman–Crippen MR) is 78.2 cm³/mol.